The first-order valence-corrected chi connectivity index (χ1v) is 9.88. The Morgan fingerprint density at radius 2 is 1.74 bits per heavy atom. The fourth-order valence-electron chi connectivity index (χ4n) is 7.32. The molecule has 0 spiro atoms. The summed E-state index contributed by atoms with van der Waals surface area (Å²) in [7, 11) is 0. The van der Waals surface area contributed by atoms with E-state index in [-0.39, 0.29) is 5.92 Å². The Kier molecular flexibility index (Phi) is 3.72. The van der Waals surface area contributed by atoms with Gasteiger partial charge in [-0.05, 0) is 100 Å². The van der Waals surface area contributed by atoms with E-state index < -0.39 is 11.8 Å². The smallest absolute Gasteiger partial charge is 0.104 e. The molecular formula is C21H33FO. The summed E-state index contributed by atoms with van der Waals surface area (Å²) in [6.45, 7) is 6.56. The summed E-state index contributed by atoms with van der Waals surface area (Å²) in [6, 6.07) is 0. The van der Waals surface area contributed by atoms with Gasteiger partial charge < -0.3 is 5.11 Å². The molecule has 0 saturated heterocycles. The fourth-order valence-corrected chi connectivity index (χ4v) is 7.32. The lowest BCUT2D eigenvalue weighted by atomic mass is 9.49. The lowest BCUT2D eigenvalue weighted by Gasteiger charge is -2.57. The molecule has 4 aliphatic carbocycles. The third-order valence-electron chi connectivity index (χ3n) is 8.44. The summed E-state index contributed by atoms with van der Waals surface area (Å²) in [5.41, 5.74) is 1.36. The molecule has 4 saturated carbocycles. The lowest BCUT2D eigenvalue weighted by Crippen LogP contribution is -2.53. The summed E-state index contributed by atoms with van der Waals surface area (Å²) in [4.78, 5) is 0. The van der Waals surface area contributed by atoms with Gasteiger partial charge in [-0.3, -0.25) is 0 Å². The highest BCUT2D eigenvalue weighted by molar-refractivity contribution is 5.23. The third kappa shape index (κ3) is 2.34. The molecule has 130 valence electrons. The van der Waals surface area contributed by atoms with Crippen LogP contribution in [0, 0.1) is 35.0 Å². The van der Waals surface area contributed by atoms with Crippen LogP contribution >= 0.6 is 0 Å². The highest BCUT2D eigenvalue weighted by atomic mass is 19.1. The third-order valence-corrected chi connectivity index (χ3v) is 8.44. The Labute approximate surface area is 140 Å². The Balaban J connectivity index is 1.61. The van der Waals surface area contributed by atoms with Crippen LogP contribution in [0.25, 0.3) is 0 Å². The zero-order valence-electron chi connectivity index (χ0n) is 15.0. The van der Waals surface area contributed by atoms with E-state index in [0.29, 0.717) is 29.6 Å². The number of hydrogen-bond acceptors (Lipinski definition) is 1. The first-order valence-electron chi connectivity index (χ1n) is 9.88. The Morgan fingerprint density at radius 3 is 2.48 bits per heavy atom. The molecular weight excluding hydrogens is 287 g/mol. The van der Waals surface area contributed by atoms with E-state index >= 15 is 4.39 Å². The van der Waals surface area contributed by atoms with E-state index in [1.54, 1.807) is 5.57 Å². The summed E-state index contributed by atoms with van der Waals surface area (Å²) < 4.78 is 15.1. The van der Waals surface area contributed by atoms with E-state index in [9.17, 15) is 5.11 Å². The van der Waals surface area contributed by atoms with Crippen LogP contribution < -0.4 is 0 Å². The second-order valence-corrected chi connectivity index (χ2v) is 9.56. The van der Waals surface area contributed by atoms with Crippen molar-refractivity contribution in [3.8, 4) is 0 Å². The van der Waals surface area contributed by atoms with Gasteiger partial charge in [-0.15, -0.1) is 0 Å². The molecule has 4 fully saturated rings. The molecule has 0 aromatic rings. The molecule has 23 heavy (non-hydrogen) atoms. The monoisotopic (exact) mass is 320 g/mol. The lowest BCUT2D eigenvalue weighted by molar-refractivity contribution is -0.118. The molecule has 4 rings (SSSR count). The number of alkyl halides is 1. The summed E-state index contributed by atoms with van der Waals surface area (Å²) >= 11 is 0. The van der Waals surface area contributed by atoms with Gasteiger partial charge in [0.15, 0.2) is 0 Å². The average molecular weight is 320 g/mol. The molecule has 0 aromatic carbocycles. The van der Waals surface area contributed by atoms with E-state index in [0.717, 1.165) is 25.2 Å². The fraction of sp³-hybridized carbons (Fsp3) is 0.905. The molecule has 0 amide bonds. The summed E-state index contributed by atoms with van der Waals surface area (Å²) in [5, 5.41) is 10.4. The predicted octanol–water partition coefficient (Wildman–Crippen LogP) is 5.28. The molecule has 8 atom stereocenters. The van der Waals surface area contributed by atoms with Crippen LogP contribution in [0.5, 0.6) is 0 Å². The van der Waals surface area contributed by atoms with E-state index in [1.807, 2.05) is 6.92 Å². The number of hydrogen-bond donors (Lipinski definition) is 1. The standard InChI is InChI=1S/C21H33FO/c1-4-13-5-6-18-16-11-19(22)17-12-20(2,23)9-7-15(17)14(16)8-10-21(13,18)3/h4,14-19,23H,5-12H2,1-3H3/t14-,15-,16-,17-,18+,19-,20-,21-/m1/s1. The zero-order valence-corrected chi connectivity index (χ0v) is 15.0. The Morgan fingerprint density at radius 1 is 1.04 bits per heavy atom. The number of allylic oxidation sites excluding steroid dienone is 2. The molecule has 1 N–H and O–H groups in total. The van der Waals surface area contributed by atoms with Gasteiger partial charge in [0.1, 0.15) is 6.17 Å². The van der Waals surface area contributed by atoms with Gasteiger partial charge in [0.05, 0.1) is 5.60 Å². The van der Waals surface area contributed by atoms with E-state index in [2.05, 4.69) is 19.9 Å². The van der Waals surface area contributed by atoms with Crippen molar-refractivity contribution in [2.75, 3.05) is 0 Å². The minimum Gasteiger partial charge on any atom is -0.390 e. The number of aliphatic hydroxyl groups is 1. The first-order chi connectivity index (χ1) is 10.9. The Bertz CT molecular complexity index is 510. The maximum Gasteiger partial charge on any atom is 0.104 e. The van der Waals surface area contributed by atoms with E-state index in [1.165, 1.54) is 25.7 Å². The van der Waals surface area contributed by atoms with Gasteiger partial charge in [-0.25, -0.2) is 4.39 Å². The van der Waals surface area contributed by atoms with Crippen LogP contribution in [0.4, 0.5) is 4.39 Å². The predicted molar refractivity (Wildman–Crippen MR) is 91.8 cm³/mol. The quantitative estimate of drug-likeness (QED) is 0.602. The largest absolute Gasteiger partial charge is 0.390 e. The molecule has 1 nitrogen and oxygen atoms in total. The summed E-state index contributed by atoms with van der Waals surface area (Å²) in [6.07, 6.45) is 10.1. The topological polar surface area (TPSA) is 20.2 Å². The molecule has 0 radical (unpaired) electrons. The van der Waals surface area contributed by atoms with Gasteiger partial charge in [-0.2, -0.15) is 0 Å². The van der Waals surface area contributed by atoms with Crippen LogP contribution in [-0.4, -0.2) is 16.9 Å². The molecule has 2 heteroatoms. The number of rotatable bonds is 0. The van der Waals surface area contributed by atoms with Gasteiger partial charge >= 0.3 is 0 Å². The highest BCUT2D eigenvalue weighted by Crippen LogP contribution is 2.64. The van der Waals surface area contributed by atoms with Gasteiger partial charge in [0.2, 0.25) is 0 Å². The van der Waals surface area contributed by atoms with Crippen molar-refractivity contribution >= 4 is 0 Å². The van der Waals surface area contributed by atoms with Crippen LogP contribution in [0.2, 0.25) is 0 Å². The number of fused-ring (bicyclic) bond motifs is 5. The zero-order chi connectivity index (χ0) is 16.4. The SMILES string of the molecule is CC=C1CC[C@H]2[C@@H]3C[C@@H](F)[C@@H]4C[C@](C)(O)CC[C@@H]4[C@H]3CC[C@]12C. The second kappa shape index (κ2) is 5.31. The maximum absolute atomic E-state index is 15.1. The molecule has 0 aromatic heterocycles. The molecule has 0 bridgehead atoms. The molecule has 0 aliphatic heterocycles. The van der Waals surface area contributed by atoms with Crippen LogP contribution in [0.1, 0.15) is 72.1 Å². The Hall–Kier alpha value is -0.370. The minimum atomic E-state index is -0.690. The number of halogens is 1. The second-order valence-electron chi connectivity index (χ2n) is 9.56. The summed E-state index contributed by atoms with van der Waals surface area (Å²) in [5.74, 6) is 2.66. The molecule has 0 unspecified atom stereocenters. The molecule has 0 heterocycles. The van der Waals surface area contributed by atoms with Gasteiger partial charge in [-0.1, -0.05) is 18.6 Å². The van der Waals surface area contributed by atoms with Crippen molar-refractivity contribution in [3.05, 3.63) is 11.6 Å². The van der Waals surface area contributed by atoms with Crippen LogP contribution in [0.3, 0.4) is 0 Å². The van der Waals surface area contributed by atoms with Gasteiger partial charge in [0.25, 0.3) is 0 Å². The average Bonchev–Trinajstić information content (AvgIpc) is 2.84. The van der Waals surface area contributed by atoms with Crippen molar-refractivity contribution in [1.29, 1.82) is 0 Å². The van der Waals surface area contributed by atoms with Crippen molar-refractivity contribution in [2.24, 2.45) is 35.0 Å². The first kappa shape index (κ1) is 16.1. The van der Waals surface area contributed by atoms with Crippen molar-refractivity contribution in [3.63, 3.8) is 0 Å². The minimum absolute atomic E-state index is 0.118. The van der Waals surface area contributed by atoms with E-state index in [4.69, 9.17) is 0 Å². The highest BCUT2D eigenvalue weighted by Gasteiger charge is 2.58. The normalized spacial score (nSPS) is 57.7. The van der Waals surface area contributed by atoms with Crippen LogP contribution in [0.15, 0.2) is 11.6 Å². The van der Waals surface area contributed by atoms with Crippen molar-refractivity contribution in [2.45, 2.75) is 83.9 Å². The maximum atomic E-state index is 15.1. The van der Waals surface area contributed by atoms with Crippen molar-refractivity contribution < 1.29 is 9.50 Å². The van der Waals surface area contributed by atoms with Gasteiger partial charge in [0, 0.05) is 0 Å². The van der Waals surface area contributed by atoms with Crippen molar-refractivity contribution in [1.82, 2.24) is 0 Å². The molecule has 4 aliphatic rings. The van der Waals surface area contributed by atoms with Crippen LogP contribution in [-0.2, 0) is 0 Å².